The van der Waals surface area contributed by atoms with E-state index in [9.17, 15) is 13.5 Å². The van der Waals surface area contributed by atoms with Crippen LogP contribution in [0.5, 0.6) is 5.75 Å². The minimum Gasteiger partial charge on any atom is -0.506 e. The summed E-state index contributed by atoms with van der Waals surface area (Å²) >= 11 is 1.15. The molecule has 0 aliphatic carbocycles. The summed E-state index contributed by atoms with van der Waals surface area (Å²) in [4.78, 5) is 4.65. The van der Waals surface area contributed by atoms with E-state index in [4.69, 9.17) is 0 Å². The summed E-state index contributed by atoms with van der Waals surface area (Å²) in [5, 5.41) is 23.5. The lowest BCUT2D eigenvalue weighted by Crippen LogP contribution is -2.15. The summed E-state index contributed by atoms with van der Waals surface area (Å²) in [6.07, 6.45) is 1.36. The molecule has 11 heteroatoms. The summed E-state index contributed by atoms with van der Waals surface area (Å²) in [6, 6.07) is 18.4. The van der Waals surface area contributed by atoms with Crippen LogP contribution < -0.4 is 4.72 Å². The zero-order valence-corrected chi connectivity index (χ0v) is 20.6. The number of aromatic hydroxyl groups is 1. The molecule has 0 saturated heterocycles. The molecule has 9 nitrogen and oxygen atoms in total. The first kappa shape index (κ1) is 22.9. The van der Waals surface area contributed by atoms with Gasteiger partial charge in [0.1, 0.15) is 17.0 Å². The zero-order valence-electron chi connectivity index (χ0n) is 18.9. The van der Waals surface area contributed by atoms with Crippen molar-refractivity contribution in [1.29, 1.82) is 0 Å². The lowest BCUT2D eigenvalue weighted by molar-refractivity contribution is 0.469. The van der Waals surface area contributed by atoms with Gasteiger partial charge in [-0.15, -0.1) is 0 Å². The molecule has 0 aliphatic rings. The second-order valence-corrected chi connectivity index (χ2v) is 10.6. The molecular formula is C24H22N6O3S2. The largest absolute Gasteiger partial charge is 0.506 e. The second kappa shape index (κ2) is 9.08. The smallest absolute Gasteiger partial charge is 0.265 e. The van der Waals surface area contributed by atoms with Crippen LogP contribution in [0.25, 0.3) is 10.8 Å². The van der Waals surface area contributed by atoms with Crippen molar-refractivity contribution in [1.82, 2.24) is 25.0 Å². The molecule has 5 aromatic rings. The molecule has 35 heavy (non-hydrogen) atoms. The fraction of sp³-hybridized carbons (Fsp3) is 0.125. The number of phenols is 1. The predicted molar refractivity (Wildman–Crippen MR) is 134 cm³/mol. The highest BCUT2D eigenvalue weighted by atomic mass is 32.2. The van der Waals surface area contributed by atoms with Gasteiger partial charge in [0, 0.05) is 10.8 Å². The molecule has 2 aromatic heterocycles. The van der Waals surface area contributed by atoms with Crippen LogP contribution in [0.3, 0.4) is 0 Å². The van der Waals surface area contributed by atoms with Gasteiger partial charge in [0.05, 0.1) is 28.5 Å². The maximum atomic E-state index is 13.6. The summed E-state index contributed by atoms with van der Waals surface area (Å²) in [7, 11) is -3.99. The first-order valence-electron chi connectivity index (χ1n) is 10.7. The number of sulfonamides is 1. The number of fused-ring (bicyclic) bond motifs is 1. The number of nitrogens with zero attached hydrogens (tertiary/aromatic N) is 4. The van der Waals surface area contributed by atoms with Crippen LogP contribution in [0, 0.1) is 13.8 Å². The van der Waals surface area contributed by atoms with E-state index >= 15 is 0 Å². The molecule has 0 spiro atoms. The number of aryl methyl sites for hydroxylation is 1. The molecule has 178 valence electrons. The van der Waals surface area contributed by atoms with Crippen molar-refractivity contribution in [2.45, 2.75) is 35.3 Å². The van der Waals surface area contributed by atoms with Crippen molar-refractivity contribution in [3.8, 4) is 5.75 Å². The Kier molecular flexibility index (Phi) is 5.95. The van der Waals surface area contributed by atoms with Gasteiger partial charge in [-0.3, -0.25) is 14.5 Å². The number of H-pyrrole nitrogens is 1. The number of nitrogens with one attached hydrogen (secondary N) is 2. The van der Waals surface area contributed by atoms with Gasteiger partial charge in [0.2, 0.25) is 0 Å². The highest BCUT2D eigenvalue weighted by molar-refractivity contribution is 7.99. The Bertz CT molecular complexity index is 1610. The van der Waals surface area contributed by atoms with Gasteiger partial charge in [0.25, 0.3) is 10.0 Å². The zero-order chi connectivity index (χ0) is 24.6. The van der Waals surface area contributed by atoms with E-state index in [1.807, 2.05) is 30.3 Å². The number of aromatic nitrogens is 5. The number of anilines is 1. The average molecular weight is 507 g/mol. The molecule has 0 atom stereocenters. The third-order valence-electron chi connectivity index (χ3n) is 5.58. The Balaban J connectivity index is 1.55. The lowest BCUT2D eigenvalue weighted by atomic mass is 10.1. The van der Waals surface area contributed by atoms with Gasteiger partial charge in [-0.2, -0.15) is 10.2 Å². The van der Waals surface area contributed by atoms with Gasteiger partial charge in [-0.05, 0) is 37.2 Å². The third-order valence-corrected chi connectivity index (χ3v) is 8.12. The molecule has 0 amide bonds. The normalized spacial score (nSPS) is 11.7. The highest BCUT2D eigenvalue weighted by Gasteiger charge is 2.26. The average Bonchev–Trinajstić information content (AvgIpc) is 3.45. The van der Waals surface area contributed by atoms with E-state index in [2.05, 4.69) is 25.0 Å². The quantitative estimate of drug-likeness (QED) is 0.278. The molecule has 0 radical (unpaired) electrons. The molecule has 0 bridgehead atoms. The van der Waals surface area contributed by atoms with E-state index in [0.717, 1.165) is 17.3 Å². The monoisotopic (exact) mass is 506 g/mol. The van der Waals surface area contributed by atoms with Crippen molar-refractivity contribution in [2.75, 3.05) is 4.72 Å². The standard InChI is InChI=1S/C24H22N6O3S2/c1-15-23(16(2)30(28-15)13-17-8-4-3-5-9-17)35(32,33)29-20-12-21(34-24-25-14-26-27-24)22(31)19-11-7-6-10-18(19)20/h3-12,14,29,31H,13H2,1-2H3,(H,25,26,27). The Hall–Kier alpha value is -3.83. The van der Waals surface area contributed by atoms with Gasteiger partial charge >= 0.3 is 0 Å². The van der Waals surface area contributed by atoms with E-state index < -0.39 is 10.0 Å². The van der Waals surface area contributed by atoms with E-state index in [1.165, 1.54) is 6.33 Å². The first-order chi connectivity index (χ1) is 16.8. The first-order valence-corrected chi connectivity index (χ1v) is 13.0. The second-order valence-electron chi connectivity index (χ2n) is 7.96. The Labute approximate surface area is 206 Å². The number of phenolic OH excluding ortho intramolecular Hbond substituents is 1. The van der Waals surface area contributed by atoms with Gasteiger partial charge in [0.15, 0.2) is 5.16 Å². The Morgan fingerprint density at radius 3 is 2.49 bits per heavy atom. The summed E-state index contributed by atoms with van der Waals surface area (Å²) in [6.45, 7) is 3.89. The number of hydrogen-bond acceptors (Lipinski definition) is 7. The van der Waals surface area contributed by atoms with E-state index in [-0.39, 0.29) is 10.6 Å². The Morgan fingerprint density at radius 2 is 1.77 bits per heavy atom. The topological polar surface area (TPSA) is 126 Å². The van der Waals surface area contributed by atoms with E-state index in [1.54, 1.807) is 48.9 Å². The molecule has 3 aromatic carbocycles. The molecule has 0 saturated carbocycles. The fourth-order valence-corrected chi connectivity index (χ4v) is 6.29. The van der Waals surface area contributed by atoms with Crippen LogP contribution in [0.4, 0.5) is 5.69 Å². The van der Waals surface area contributed by atoms with Gasteiger partial charge < -0.3 is 5.11 Å². The summed E-state index contributed by atoms with van der Waals surface area (Å²) in [5.74, 6) is 0.0352. The molecule has 3 N–H and O–H groups in total. The highest BCUT2D eigenvalue weighted by Crippen LogP contribution is 2.42. The van der Waals surface area contributed by atoms with Crippen LogP contribution in [-0.2, 0) is 16.6 Å². The Morgan fingerprint density at radius 1 is 1.06 bits per heavy atom. The molecular weight excluding hydrogens is 484 g/mol. The van der Waals surface area contributed by atoms with Crippen LogP contribution >= 0.6 is 11.8 Å². The molecule has 0 unspecified atom stereocenters. The van der Waals surface area contributed by atoms with Crippen LogP contribution in [0.1, 0.15) is 17.0 Å². The number of rotatable bonds is 7. The summed E-state index contributed by atoms with van der Waals surface area (Å²) in [5.41, 5.74) is 2.31. The van der Waals surface area contributed by atoms with E-state index in [0.29, 0.717) is 44.4 Å². The van der Waals surface area contributed by atoms with Crippen molar-refractivity contribution in [3.63, 3.8) is 0 Å². The van der Waals surface area contributed by atoms with Gasteiger partial charge in [-0.25, -0.2) is 13.4 Å². The number of hydrogen-bond donors (Lipinski definition) is 3. The third kappa shape index (κ3) is 4.47. The van der Waals surface area contributed by atoms with Crippen LogP contribution in [0.15, 0.2) is 81.9 Å². The van der Waals surface area contributed by atoms with Crippen molar-refractivity contribution >= 4 is 38.2 Å². The lowest BCUT2D eigenvalue weighted by Gasteiger charge is -2.15. The van der Waals surface area contributed by atoms with Crippen molar-refractivity contribution in [2.24, 2.45) is 0 Å². The maximum absolute atomic E-state index is 13.6. The molecule has 2 heterocycles. The molecule has 0 fully saturated rings. The van der Waals surface area contributed by atoms with Gasteiger partial charge in [-0.1, -0.05) is 54.6 Å². The SMILES string of the molecule is Cc1nn(Cc2ccccc2)c(C)c1S(=O)(=O)Nc1cc(Sc2ncn[nH]2)c(O)c2ccccc12. The predicted octanol–water partition coefficient (Wildman–Crippen LogP) is 4.48. The number of benzene rings is 3. The molecule has 5 rings (SSSR count). The van der Waals surface area contributed by atoms with Crippen molar-refractivity contribution < 1.29 is 13.5 Å². The van der Waals surface area contributed by atoms with Crippen LogP contribution in [0.2, 0.25) is 0 Å². The minimum atomic E-state index is -3.99. The van der Waals surface area contributed by atoms with Crippen molar-refractivity contribution in [3.05, 3.63) is 83.9 Å². The fourth-order valence-electron chi connectivity index (χ4n) is 4.02. The van der Waals surface area contributed by atoms with Crippen LogP contribution in [-0.4, -0.2) is 38.5 Å². The maximum Gasteiger partial charge on any atom is 0.265 e. The number of aromatic amines is 1. The minimum absolute atomic E-state index is 0.0352. The summed E-state index contributed by atoms with van der Waals surface area (Å²) < 4.78 is 31.6. The molecule has 0 aliphatic heterocycles.